The molecular weight excluding hydrogens is 214 g/mol. The summed E-state index contributed by atoms with van der Waals surface area (Å²) in [5.74, 6) is 0. The van der Waals surface area contributed by atoms with E-state index in [0.29, 0.717) is 0 Å². The summed E-state index contributed by atoms with van der Waals surface area (Å²) in [7, 11) is 0. The molecule has 0 atom stereocenters. The van der Waals surface area contributed by atoms with E-state index in [1.807, 2.05) is 6.07 Å². The number of benzene rings is 1. The molecule has 1 aliphatic rings. The van der Waals surface area contributed by atoms with Crippen molar-refractivity contribution >= 4 is 11.1 Å². The quantitative estimate of drug-likeness (QED) is 0.764. The smallest absolute Gasteiger partial charge is 0.181 e. The number of fused-ring (bicyclic) bond motifs is 1. The predicted octanol–water partition coefficient (Wildman–Crippen LogP) is 1.45. The van der Waals surface area contributed by atoms with Crippen LogP contribution in [-0.4, -0.2) is 23.6 Å². The van der Waals surface area contributed by atoms with Crippen LogP contribution in [0.2, 0.25) is 0 Å². The van der Waals surface area contributed by atoms with E-state index >= 15 is 0 Å². The maximum absolute atomic E-state index is 6.00. The van der Waals surface area contributed by atoms with Crippen molar-refractivity contribution < 1.29 is 4.42 Å². The SMILES string of the molecule is NC1(CNCCc2ccc3ncoc3c2)CC1. The number of nitrogens with two attached hydrogens (primary N) is 1. The van der Waals surface area contributed by atoms with Crippen LogP contribution in [0.4, 0.5) is 0 Å². The summed E-state index contributed by atoms with van der Waals surface area (Å²) < 4.78 is 5.28. The van der Waals surface area contributed by atoms with Crippen molar-refractivity contribution in [3.05, 3.63) is 30.2 Å². The molecule has 1 heterocycles. The van der Waals surface area contributed by atoms with Crippen LogP contribution in [-0.2, 0) is 6.42 Å². The molecule has 17 heavy (non-hydrogen) atoms. The normalized spacial score (nSPS) is 17.5. The number of oxazole rings is 1. The van der Waals surface area contributed by atoms with E-state index in [-0.39, 0.29) is 5.54 Å². The molecule has 1 aromatic heterocycles. The Morgan fingerprint density at radius 3 is 3.12 bits per heavy atom. The number of hydrogen-bond acceptors (Lipinski definition) is 4. The van der Waals surface area contributed by atoms with Gasteiger partial charge in [0.15, 0.2) is 12.0 Å². The Balaban J connectivity index is 1.53. The lowest BCUT2D eigenvalue weighted by molar-refractivity contribution is 0.570. The van der Waals surface area contributed by atoms with Crippen LogP contribution in [0.3, 0.4) is 0 Å². The molecule has 3 N–H and O–H groups in total. The van der Waals surface area contributed by atoms with E-state index < -0.39 is 0 Å². The van der Waals surface area contributed by atoms with Crippen LogP contribution >= 0.6 is 0 Å². The zero-order valence-corrected chi connectivity index (χ0v) is 9.78. The first-order chi connectivity index (χ1) is 8.25. The first kappa shape index (κ1) is 10.7. The standard InChI is InChI=1S/C13H17N3O/c14-13(4-5-13)8-15-6-3-10-1-2-11-12(7-10)17-9-16-11/h1-2,7,9,15H,3-6,8,14H2. The van der Waals surface area contributed by atoms with Gasteiger partial charge in [-0.25, -0.2) is 4.98 Å². The monoisotopic (exact) mass is 231 g/mol. The minimum atomic E-state index is 0.0921. The molecule has 4 nitrogen and oxygen atoms in total. The highest BCUT2D eigenvalue weighted by Crippen LogP contribution is 2.30. The van der Waals surface area contributed by atoms with Gasteiger partial charge in [0.05, 0.1) is 0 Å². The van der Waals surface area contributed by atoms with Gasteiger partial charge in [0, 0.05) is 12.1 Å². The number of hydrogen-bond donors (Lipinski definition) is 2. The van der Waals surface area contributed by atoms with Crippen molar-refractivity contribution in [2.24, 2.45) is 5.73 Å². The van der Waals surface area contributed by atoms with E-state index in [9.17, 15) is 0 Å². The Bertz CT molecular complexity index is 516. The second kappa shape index (κ2) is 4.13. The third kappa shape index (κ3) is 2.48. The van der Waals surface area contributed by atoms with Gasteiger partial charge < -0.3 is 15.5 Å². The van der Waals surface area contributed by atoms with Gasteiger partial charge in [-0.3, -0.25) is 0 Å². The second-order valence-electron chi connectivity index (χ2n) is 4.94. The van der Waals surface area contributed by atoms with Gasteiger partial charge in [-0.15, -0.1) is 0 Å². The van der Waals surface area contributed by atoms with Crippen molar-refractivity contribution in [3.63, 3.8) is 0 Å². The summed E-state index contributed by atoms with van der Waals surface area (Å²) >= 11 is 0. The Hall–Kier alpha value is -1.39. The summed E-state index contributed by atoms with van der Waals surface area (Å²) in [6.07, 6.45) is 4.79. The van der Waals surface area contributed by atoms with Gasteiger partial charge in [0.25, 0.3) is 0 Å². The lowest BCUT2D eigenvalue weighted by Gasteiger charge is -2.09. The molecule has 0 saturated heterocycles. The molecular formula is C13H17N3O. The molecule has 0 unspecified atom stereocenters. The van der Waals surface area contributed by atoms with Gasteiger partial charge in [-0.05, 0) is 43.5 Å². The number of nitrogens with zero attached hydrogens (tertiary/aromatic N) is 1. The van der Waals surface area contributed by atoms with Crippen LogP contribution in [0.15, 0.2) is 29.0 Å². The Morgan fingerprint density at radius 1 is 1.41 bits per heavy atom. The van der Waals surface area contributed by atoms with E-state index in [4.69, 9.17) is 10.2 Å². The average Bonchev–Trinajstić information content (AvgIpc) is 2.90. The van der Waals surface area contributed by atoms with Gasteiger partial charge >= 0.3 is 0 Å². The van der Waals surface area contributed by atoms with Crippen LogP contribution in [0.25, 0.3) is 11.1 Å². The fourth-order valence-electron chi connectivity index (χ4n) is 1.96. The molecule has 0 radical (unpaired) electrons. The molecule has 1 aromatic carbocycles. The molecule has 4 heteroatoms. The molecule has 0 bridgehead atoms. The summed E-state index contributed by atoms with van der Waals surface area (Å²) in [6.45, 7) is 1.89. The van der Waals surface area contributed by atoms with Crippen molar-refractivity contribution in [3.8, 4) is 0 Å². The molecule has 1 saturated carbocycles. The van der Waals surface area contributed by atoms with Gasteiger partial charge in [0.1, 0.15) is 5.52 Å². The van der Waals surface area contributed by atoms with Gasteiger partial charge in [0.2, 0.25) is 0 Å². The molecule has 0 aliphatic heterocycles. The highest BCUT2D eigenvalue weighted by molar-refractivity contribution is 5.72. The Labute approximate surface area is 100 Å². The van der Waals surface area contributed by atoms with E-state index in [0.717, 1.165) is 43.5 Å². The highest BCUT2D eigenvalue weighted by atomic mass is 16.3. The molecule has 90 valence electrons. The maximum Gasteiger partial charge on any atom is 0.181 e. The first-order valence-corrected chi connectivity index (χ1v) is 6.07. The van der Waals surface area contributed by atoms with E-state index in [1.54, 1.807) is 0 Å². The number of nitrogens with one attached hydrogen (secondary N) is 1. The molecule has 0 amide bonds. The zero-order chi connectivity index (χ0) is 11.7. The van der Waals surface area contributed by atoms with Crippen molar-refractivity contribution in [1.82, 2.24) is 10.3 Å². The Morgan fingerprint density at radius 2 is 2.29 bits per heavy atom. The fraction of sp³-hybridized carbons (Fsp3) is 0.462. The summed E-state index contributed by atoms with van der Waals surface area (Å²) in [5, 5.41) is 3.41. The topological polar surface area (TPSA) is 64.1 Å². The van der Waals surface area contributed by atoms with Crippen LogP contribution in [0, 0.1) is 0 Å². The summed E-state index contributed by atoms with van der Waals surface area (Å²) in [4.78, 5) is 4.10. The summed E-state index contributed by atoms with van der Waals surface area (Å²) in [5.41, 5.74) is 9.14. The van der Waals surface area contributed by atoms with Gasteiger partial charge in [-0.2, -0.15) is 0 Å². The fourth-order valence-corrected chi connectivity index (χ4v) is 1.96. The van der Waals surface area contributed by atoms with Crippen molar-refractivity contribution in [1.29, 1.82) is 0 Å². The zero-order valence-electron chi connectivity index (χ0n) is 9.78. The number of aromatic nitrogens is 1. The van der Waals surface area contributed by atoms with E-state index in [1.165, 1.54) is 12.0 Å². The Kier molecular flexibility index (Phi) is 2.61. The predicted molar refractivity (Wildman–Crippen MR) is 66.7 cm³/mol. The maximum atomic E-state index is 6.00. The second-order valence-corrected chi connectivity index (χ2v) is 4.94. The van der Waals surface area contributed by atoms with Crippen LogP contribution < -0.4 is 11.1 Å². The van der Waals surface area contributed by atoms with Crippen molar-refractivity contribution in [2.45, 2.75) is 24.8 Å². The van der Waals surface area contributed by atoms with Crippen LogP contribution in [0.5, 0.6) is 0 Å². The van der Waals surface area contributed by atoms with E-state index in [2.05, 4.69) is 22.4 Å². The molecule has 1 fully saturated rings. The lowest BCUT2D eigenvalue weighted by atomic mass is 10.1. The van der Waals surface area contributed by atoms with Crippen LogP contribution in [0.1, 0.15) is 18.4 Å². The lowest BCUT2D eigenvalue weighted by Crippen LogP contribution is -2.36. The molecule has 0 spiro atoms. The molecule has 1 aliphatic carbocycles. The minimum absolute atomic E-state index is 0.0921. The molecule has 3 rings (SSSR count). The largest absolute Gasteiger partial charge is 0.443 e. The molecule has 2 aromatic rings. The number of rotatable bonds is 5. The third-order valence-corrected chi connectivity index (χ3v) is 3.36. The first-order valence-electron chi connectivity index (χ1n) is 6.07. The highest BCUT2D eigenvalue weighted by Gasteiger charge is 2.37. The van der Waals surface area contributed by atoms with Gasteiger partial charge in [-0.1, -0.05) is 6.07 Å². The third-order valence-electron chi connectivity index (χ3n) is 3.36. The summed E-state index contributed by atoms with van der Waals surface area (Å²) in [6, 6.07) is 6.15. The average molecular weight is 231 g/mol. The van der Waals surface area contributed by atoms with Crippen molar-refractivity contribution in [2.75, 3.05) is 13.1 Å². The minimum Gasteiger partial charge on any atom is -0.443 e.